The van der Waals surface area contributed by atoms with Crippen molar-refractivity contribution in [3.05, 3.63) is 24.0 Å². The highest BCUT2D eigenvalue weighted by Gasteiger charge is 2.18. The largest absolute Gasteiger partial charge is 0.399 e. The van der Waals surface area contributed by atoms with Crippen LogP contribution >= 0.6 is 0 Å². The molecule has 0 radical (unpaired) electrons. The summed E-state index contributed by atoms with van der Waals surface area (Å²) in [7, 11) is 2.16. The molecule has 0 atom stereocenters. The quantitative estimate of drug-likeness (QED) is 0.816. The van der Waals surface area contributed by atoms with Crippen molar-refractivity contribution in [2.45, 2.75) is 25.8 Å². The molecule has 1 aromatic rings. The Morgan fingerprint density at radius 2 is 2.33 bits per heavy atom. The second-order valence-corrected chi connectivity index (χ2v) is 4.57. The fraction of sp³-hybridized carbons (Fsp3) is 0.583. The fourth-order valence-electron chi connectivity index (χ4n) is 2.04. The van der Waals surface area contributed by atoms with Crippen LogP contribution in [0.1, 0.15) is 25.0 Å². The van der Waals surface area contributed by atoms with Gasteiger partial charge in [-0.1, -0.05) is 6.42 Å². The minimum Gasteiger partial charge on any atom is -0.399 e. The minimum absolute atomic E-state index is 0.803. The maximum Gasteiger partial charge on any atom is 0.0564 e. The molecule has 0 bridgehead atoms. The lowest BCUT2D eigenvalue weighted by Gasteiger charge is -2.29. The summed E-state index contributed by atoms with van der Waals surface area (Å²) < 4.78 is 0. The average Bonchev–Trinajstić information content (AvgIpc) is 2.11. The van der Waals surface area contributed by atoms with Gasteiger partial charge < -0.3 is 10.6 Å². The van der Waals surface area contributed by atoms with Crippen LogP contribution in [0.4, 0.5) is 5.69 Å². The van der Waals surface area contributed by atoms with E-state index in [0.717, 1.165) is 23.8 Å². The summed E-state index contributed by atoms with van der Waals surface area (Å²) in [5.41, 5.74) is 7.58. The average molecular weight is 205 g/mol. The summed E-state index contributed by atoms with van der Waals surface area (Å²) >= 11 is 0. The summed E-state index contributed by atoms with van der Waals surface area (Å²) in [6.45, 7) is 2.10. The molecule has 0 amide bonds. The smallest absolute Gasteiger partial charge is 0.0564 e. The second kappa shape index (κ2) is 4.62. The zero-order valence-electron chi connectivity index (χ0n) is 9.32. The number of hydrogen-bond acceptors (Lipinski definition) is 3. The van der Waals surface area contributed by atoms with Gasteiger partial charge in [-0.25, -0.2) is 0 Å². The van der Waals surface area contributed by atoms with Crippen molar-refractivity contribution in [1.29, 1.82) is 0 Å². The van der Waals surface area contributed by atoms with E-state index in [1.165, 1.54) is 25.8 Å². The maximum atomic E-state index is 5.71. The Hall–Kier alpha value is -1.09. The van der Waals surface area contributed by atoms with E-state index < -0.39 is 0 Å². The van der Waals surface area contributed by atoms with Gasteiger partial charge in [0, 0.05) is 25.0 Å². The molecular weight excluding hydrogens is 186 g/mol. The number of nitrogens with zero attached hydrogens (tertiary/aromatic N) is 2. The van der Waals surface area contributed by atoms with Crippen molar-refractivity contribution >= 4 is 5.69 Å². The highest BCUT2D eigenvalue weighted by atomic mass is 15.1. The number of rotatable bonds is 4. The van der Waals surface area contributed by atoms with E-state index in [1.54, 1.807) is 6.20 Å². The van der Waals surface area contributed by atoms with Gasteiger partial charge in [0.25, 0.3) is 0 Å². The third kappa shape index (κ3) is 2.93. The third-order valence-electron chi connectivity index (χ3n) is 3.07. The first-order chi connectivity index (χ1) is 7.24. The van der Waals surface area contributed by atoms with Crippen molar-refractivity contribution in [2.24, 2.45) is 5.92 Å². The van der Waals surface area contributed by atoms with Gasteiger partial charge in [0.1, 0.15) is 0 Å². The highest BCUT2D eigenvalue weighted by molar-refractivity contribution is 5.37. The van der Waals surface area contributed by atoms with Crippen LogP contribution in [0, 0.1) is 5.92 Å². The molecule has 0 aromatic carbocycles. The Morgan fingerprint density at radius 1 is 1.53 bits per heavy atom. The molecule has 0 saturated heterocycles. The van der Waals surface area contributed by atoms with Crippen LogP contribution in [0.5, 0.6) is 0 Å². The third-order valence-corrected chi connectivity index (χ3v) is 3.07. The van der Waals surface area contributed by atoms with Crippen LogP contribution in [0.15, 0.2) is 18.3 Å². The van der Waals surface area contributed by atoms with Crippen LogP contribution in [-0.2, 0) is 6.54 Å². The van der Waals surface area contributed by atoms with Crippen molar-refractivity contribution in [3.8, 4) is 0 Å². The zero-order valence-corrected chi connectivity index (χ0v) is 9.32. The molecule has 1 saturated carbocycles. The molecule has 0 spiro atoms. The Labute approximate surface area is 91.3 Å². The van der Waals surface area contributed by atoms with Crippen molar-refractivity contribution in [1.82, 2.24) is 9.88 Å². The lowest BCUT2D eigenvalue weighted by atomic mass is 9.85. The summed E-state index contributed by atoms with van der Waals surface area (Å²) in [6.07, 6.45) is 5.99. The van der Waals surface area contributed by atoms with Crippen molar-refractivity contribution in [3.63, 3.8) is 0 Å². The summed E-state index contributed by atoms with van der Waals surface area (Å²) in [6, 6.07) is 3.78. The molecule has 1 aliphatic rings. The Bertz CT molecular complexity index is 320. The van der Waals surface area contributed by atoms with E-state index in [1.807, 2.05) is 12.1 Å². The Balaban J connectivity index is 1.84. The van der Waals surface area contributed by atoms with Gasteiger partial charge in [0.15, 0.2) is 0 Å². The molecule has 1 aliphatic carbocycles. The van der Waals surface area contributed by atoms with E-state index in [0.29, 0.717) is 0 Å². The van der Waals surface area contributed by atoms with E-state index in [4.69, 9.17) is 5.73 Å². The predicted octanol–water partition coefficient (Wildman–Crippen LogP) is 1.90. The SMILES string of the molecule is CN(Cc1cc(N)ccn1)CC1CCC1. The van der Waals surface area contributed by atoms with Crippen LogP contribution in [-0.4, -0.2) is 23.5 Å². The zero-order chi connectivity index (χ0) is 10.7. The molecule has 1 fully saturated rings. The monoisotopic (exact) mass is 205 g/mol. The van der Waals surface area contributed by atoms with Crippen LogP contribution in [0.25, 0.3) is 0 Å². The standard InChI is InChI=1S/C12H19N3/c1-15(8-10-3-2-4-10)9-12-7-11(13)5-6-14-12/h5-7,10H,2-4,8-9H2,1H3,(H2,13,14). The molecule has 2 rings (SSSR count). The lowest BCUT2D eigenvalue weighted by Crippen LogP contribution is -2.29. The van der Waals surface area contributed by atoms with Crippen LogP contribution < -0.4 is 5.73 Å². The second-order valence-electron chi connectivity index (χ2n) is 4.57. The normalized spacial score (nSPS) is 16.7. The molecule has 82 valence electrons. The topological polar surface area (TPSA) is 42.1 Å². The van der Waals surface area contributed by atoms with Gasteiger partial charge in [0.05, 0.1) is 5.69 Å². The first-order valence-corrected chi connectivity index (χ1v) is 5.63. The summed E-state index contributed by atoms with van der Waals surface area (Å²) in [5, 5.41) is 0. The number of nitrogen functional groups attached to an aromatic ring is 1. The molecule has 15 heavy (non-hydrogen) atoms. The van der Waals surface area contributed by atoms with Gasteiger partial charge in [-0.15, -0.1) is 0 Å². The summed E-state index contributed by atoms with van der Waals surface area (Å²) in [4.78, 5) is 6.65. The molecule has 1 heterocycles. The number of aromatic nitrogens is 1. The van der Waals surface area contributed by atoms with Crippen LogP contribution in [0.2, 0.25) is 0 Å². The molecule has 2 N–H and O–H groups in total. The van der Waals surface area contributed by atoms with E-state index in [9.17, 15) is 0 Å². The number of nitrogens with two attached hydrogens (primary N) is 1. The van der Waals surface area contributed by atoms with Gasteiger partial charge >= 0.3 is 0 Å². The number of hydrogen-bond donors (Lipinski definition) is 1. The Morgan fingerprint density at radius 3 is 2.93 bits per heavy atom. The molecule has 0 unspecified atom stereocenters. The van der Waals surface area contributed by atoms with Gasteiger partial charge in [-0.05, 0) is 37.9 Å². The van der Waals surface area contributed by atoms with Gasteiger partial charge in [0.2, 0.25) is 0 Å². The van der Waals surface area contributed by atoms with E-state index in [-0.39, 0.29) is 0 Å². The first-order valence-electron chi connectivity index (χ1n) is 5.63. The lowest BCUT2D eigenvalue weighted by molar-refractivity contribution is 0.199. The molecule has 3 nitrogen and oxygen atoms in total. The van der Waals surface area contributed by atoms with Crippen molar-refractivity contribution < 1.29 is 0 Å². The summed E-state index contributed by atoms with van der Waals surface area (Å²) in [5.74, 6) is 0.913. The van der Waals surface area contributed by atoms with Crippen LogP contribution in [0.3, 0.4) is 0 Å². The highest BCUT2D eigenvalue weighted by Crippen LogP contribution is 2.26. The maximum absolute atomic E-state index is 5.71. The number of anilines is 1. The van der Waals surface area contributed by atoms with Gasteiger partial charge in [-0.2, -0.15) is 0 Å². The van der Waals surface area contributed by atoms with Gasteiger partial charge in [-0.3, -0.25) is 4.98 Å². The predicted molar refractivity (Wildman–Crippen MR) is 62.3 cm³/mol. The minimum atomic E-state index is 0.803. The molecular formula is C12H19N3. The molecule has 0 aliphatic heterocycles. The fourth-order valence-corrected chi connectivity index (χ4v) is 2.04. The molecule has 1 aromatic heterocycles. The van der Waals surface area contributed by atoms with E-state index >= 15 is 0 Å². The van der Waals surface area contributed by atoms with E-state index in [2.05, 4.69) is 16.9 Å². The van der Waals surface area contributed by atoms with Crippen molar-refractivity contribution in [2.75, 3.05) is 19.3 Å². The molecule has 3 heteroatoms. The Kier molecular flexibility index (Phi) is 3.21. The first kappa shape index (κ1) is 10.4. The number of pyridine rings is 1.